The molecule has 4 nitrogen and oxygen atoms in total. The van der Waals surface area contributed by atoms with Crippen molar-refractivity contribution in [2.75, 3.05) is 13.1 Å². The maximum Gasteiger partial charge on any atom is 0.123 e. The molecule has 0 unspecified atom stereocenters. The molecule has 1 aliphatic carbocycles. The lowest BCUT2D eigenvalue weighted by molar-refractivity contribution is -0.0336. The van der Waals surface area contributed by atoms with Crippen LogP contribution in [0.1, 0.15) is 55.5 Å². The first kappa shape index (κ1) is 17.3. The van der Waals surface area contributed by atoms with Crippen LogP contribution in [0, 0.1) is 13.8 Å². The van der Waals surface area contributed by atoms with E-state index in [-0.39, 0.29) is 5.60 Å². The summed E-state index contributed by atoms with van der Waals surface area (Å²) in [5.41, 5.74) is 6.32. The highest BCUT2D eigenvalue weighted by molar-refractivity contribution is 5.70. The van der Waals surface area contributed by atoms with Crippen molar-refractivity contribution in [3.8, 4) is 16.9 Å². The van der Waals surface area contributed by atoms with Crippen LogP contribution < -0.4 is 4.74 Å². The molecule has 1 saturated heterocycles. The first-order chi connectivity index (χ1) is 13.0. The Kier molecular flexibility index (Phi) is 4.08. The summed E-state index contributed by atoms with van der Waals surface area (Å²) >= 11 is 0. The molecule has 0 bridgehead atoms. The molecule has 5 rings (SSSR count). The van der Waals surface area contributed by atoms with Crippen LogP contribution in [0.5, 0.6) is 5.75 Å². The third kappa shape index (κ3) is 2.89. The van der Waals surface area contributed by atoms with Crippen molar-refractivity contribution in [1.82, 2.24) is 14.7 Å². The van der Waals surface area contributed by atoms with Gasteiger partial charge in [-0.2, -0.15) is 5.10 Å². The van der Waals surface area contributed by atoms with Crippen LogP contribution in [-0.4, -0.2) is 39.4 Å². The minimum Gasteiger partial charge on any atom is -0.487 e. The zero-order valence-electron chi connectivity index (χ0n) is 16.9. The molecule has 1 aromatic heterocycles. The molecule has 4 heteroatoms. The summed E-state index contributed by atoms with van der Waals surface area (Å²) in [7, 11) is 2.02. The first-order valence-corrected chi connectivity index (χ1v) is 10.6. The van der Waals surface area contributed by atoms with Gasteiger partial charge < -0.3 is 9.64 Å². The van der Waals surface area contributed by atoms with E-state index in [1.165, 1.54) is 67.6 Å². The molecule has 144 valence electrons. The second-order valence-corrected chi connectivity index (χ2v) is 8.90. The van der Waals surface area contributed by atoms with E-state index in [0.29, 0.717) is 0 Å². The van der Waals surface area contributed by atoms with Crippen molar-refractivity contribution in [3.05, 3.63) is 35.2 Å². The molecule has 2 aromatic rings. The van der Waals surface area contributed by atoms with Crippen LogP contribution >= 0.6 is 0 Å². The molecule has 1 aromatic carbocycles. The third-order valence-electron chi connectivity index (χ3n) is 7.33. The lowest BCUT2D eigenvalue weighted by Crippen LogP contribution is -2.53. The number of hydrogen-bond donors (Lipinski definition) is 0. The summed E-state index contributed by atoms with van der Waals surface area (Å²) in [6, 6.07) is 7.63. The van der Waals surface area contributed by atoms with Crippen molar-refractivity contribution in [2.24, 2.45) is 7.05 Å². The number of piperidine rings is 1. The van der Waals surface area contributed by atoms with Crippen molar-refractivity contribution in [1.29, 1.82) is 0 Å². The van der Waals surface area contributed by atoms with Crippen LogP contribution in [0.2, 0.25) is 0 Å². The molecule has 0 amide bonds. The van der Waals surface area contributed by atoms with E-state index in [1.54, 1.807) is 0 Å². The first-order valence-electron chi connectivity index (χ1n) is 10.6. The topological polar surface area (TPSA) is 30.3 Å². The number of aromatic nitrogens is 2. The molecule has 3 heterocycles. The summed E-state index contributed by atoms with van der Waals surface area (Å²) in [6.07, 6.45) is 8.91. The summed E-state index contributed by atoms with van der Waals surface area (Å²) in [4.78, 5) is 2.71. The molecule has 0 radical (unpaired) electrons. The molecular weight excluding hydrogens is 334 g/mol. The molecule has 2 fully saturated rings. The zero-order chi connectivity index (χ0) is 18.6. The minimum absolute atomic E-state index is 0.0783. The highest BCUT2D eigenvalue weighted by Gasteiger charge is 2.41. The third-order valence-corrected chi connectivity index (χ3v) is 7.33. The SMILES string of the molecule is Cc1nn(C)c(C)c1-c1ccc2c(c1)CCC1(CCN(C3CCC3)CC1)O2. The largest absolute Gasteiger partial charge is 0.487 e. The van der Waals surface area contributed by atoms with Gasteiger partial charge in [-0.15, -0.1) is 0 Å². The molecule has 0 N–H and O–H groups in total. The Labute approximate surface area is 162 Å². The number of benzene rings is 1. The number of fused-ring (bicyclic) bond motifs is 1. The summed E-state index contributed by atoms with van der Waals surface area (Å²) in [5.74, 6) is 1.11. The van der Waals surface area contributed by atoms with E-state index in [1.807, 2.05) is 11.7 Å². The number of ether oxygens (including phenoxy) is 1. The van der Waals surface area contributed by atoms with Crippen molar-refractivity contribution < 1.29 is 4.74 Å². The Morgan fingerprint density at radius 1 is 1.11 bits per heavy atom. The van der Waals surface area contributed by atoms with Crippen molar-refractivity contribution in [3.63, 3.8) is 0 Å². The number of likely N-dealkylation sites (tertiary alicyclic amines) is 1. The van der Waals surface area contributed by atoms with Gasteiger partial charge in [0.05, 0.1) is 5.69 Å². The molecule has 2 aliphatic heterocycles. The standard InChI is InChI=1S/C23H31N3O/c1-16-22(17(2)25(3)24-16)19-7-8-21-18(15-19)9-10-23(27-21)11-13-26(14-12-23)20-5-4-6-20/h7-8,15,20H,4-6,9-14H2,1-3H3. The fraction of sp³-hybridized carbons (Fsp3) is 0.609. The number of rotatable bonds is 2. The van der Waals surface area contributed by atoms with Crippen LogP contribution in [0.3, 0.4) is 0 Å². The highest BCUT2D eigenvalue weighted by atomic mass is 16.5. The van der Waals surface area contributed by atoms with Crippen LogP contribution in [0.15, 0.2) is 18.2 Å². The maximum atomic E-state index is 6.65. The normalized spacial score (nSPS) is 22.3. The van der Waals surface area contributed by atoms with Crippen molar-refractivity contribution >= 4 is 0 Å². The lowest BCUT2D eigenvalue weighted by atomic mass is 9.81. The Bertz CT molecular complexity index is 857. The van der Waals surface area contributed by atoms with Gasteiger partial charge >= 0.3 is 0 Å². The molecule has 1 spiro atoms. The number of aryl methyl sites for hydroxylation is 3. The van der Waals surface area contributed by atoms with E-state index in [9.17, 15) is 0 Å². The highest BCUT2D eigenvalue weighted by Crippen LogP contribution is 2.42. The number of hydrogen-bond acceptors (Lipinski definition) is 3. The molecular formula is C23H31N3O. The van der Waals surface area contributed by atoms with Gasteiger partial charge in [-0.25, -0.2) is 0 Å². The fourth-order valence-electron chi connectivity index (χ4n) is 5.27. The van der Waals surface area contributed by atoms with Gasteiger partial charge in [0.1, 0.15) is 11.4 Å². The summed E-state index contributed by atoms with van der Waals surface area (Å²) < 4.78 is 8.63. The molecule has 3 aliphatic rings. The smallest absolute Gasteiger partial charge is 0.123 e. The number of nitrogens with zero attached hydrogens (tertiary/aromatic N) is 3. The molecule has 1 saturated carbocycles. The Balaban J connectivity index is 1.35. The Hall–Kier alpha value is -1.81. The van der Waals surface area contributed by atoms with Crippen LogP contribution in [-0.2, 0) is 13.5 Å². The monoisotopic (exact) mass is 365 g/mol. The average Bonchev–Trinajstić information content (AvgIpc) is 2.87. The average molecular weight is 366 g/mol. The molecule has 0 atom stereocenters. The van der Waals surface area contributed by atoms with Crippen molar-refractivity contribution in [2.45, 2.75) is 70.4 Å². The quantitative estimate of drug-likeness (QED) is 0.789. The second kappa shape index (κ2) is 6.37. The second-order valence-electron chi connectivity index (χ2n) is 8.90. The minimum atomic E-state index is 0.0783. The van der Waals surface area contributed by atoms with E-state index in [2.05, 4.69) is 42.0 Å². The van der Waals surface area contributed by atoms with Gasteiger partial charge in [0.25, 0.3) is 0 Å². The van der Waals surface area contributed by atoms with E-state index >= 15 is 0 Å². The van der Waals surface area contributed by atoms with Gasteiger partial charge in [0.2, 0.25) is 0 Å². The Morgan fingerprint density at radius 2 is 1.89 bits per heavy atom. The summed E-state index contributed by atoms with van der Waals surface area (Å²) in [5, 5.41) is 4.58. The summed E-state index contributed by atoms with van der Waals surface area (Å²) in [6.45, 7) is 6.68. The van der Waals surface area contributed by atoms with Crippen LogP contribution in [0.25, 0.3) is 11.1 Å². The predicted octanol–water partition coefficient (Wildman–Crippen LogP) is 4.42. The maximum absolute atomic E-state index is 6.65. The van der Waals surface area contributed by atoms with Gasteiger partial charge in [-0.3, -0.25) is 4.68 Å². The fourth-order valence-corrected chi connectivity index (χ4v) is 5.27. The van der Waals surface area contributed by atoms with E-state index in [4.69, 9.17) is 4.74 Å². The zero-order valence-corrected chi connectivity index (χ0v) is 16.9. The predicted molar refractivity (Wildman–Crippen MR) is 108 cm³/mol. The van der Waals surface area contributed by atoms with Crippen LogP contribution in [0.4, 0.5) is 0 Å². The molecule has 27 heavy (non-hydrogen) atoms. The van der Waals surface area contributed by atoms with Gasteiger partial charge in [0.15, 0.2) is 0 Å². The van der Waals surface area contributed by atoms with Gasteiger partial charge in [0, 0.05) is 37.4 Å². The van der Waals surface area contributed by atoms with E-state index in [0.717, 1.165) is 30.3 Å². The van der Waals surface area contributed by atoms with Gasteiger partial charge in [-0.05, 0) is 75.6 Å². The van der Waals surface area contributed by atoms with E-state index < -0.39 is 0 Å². The Morgan fingerprint density at radius 3 is 2.52 bits per heavy atom. The lowest BCUT2D eigenvalue weighted by Gasteiger charge is -2.48. The van der Waals surface area contributed by atoms with Gasteiger partial charge in [-0.1, -0.05) is 12.5 Å².